The molecule has 28 heavy (non-hydrogen) atoms. The van der Waals surface area contributed by atoms with Gasteiger partial charge in [0.05, 0.1) is 22.9 Å². The molecule has 0 radical (unpaired) electrons. The second kappa shape index (κ2) is 7.33. The number of hydrogen-bond donors (Lipinski definition) is 0. The average Bonchev–Trinajstić information content (AvgIpc) is 3.31. The number of methoxy groups -OCH3 is 1. The molecule has 4 rings (SSSR count). The van der Waals surface area contributed by atoms with Gasteiger partial charge in [0.25, 0.3) is 5.56 Å². The third-order valence-corrected chi connectivity index (χ3v) is 6.52. The van der Waals surface area contributed by atoms with Crippen LogP contribution in [0.15, 0.2) is 62.8 Å². The summed E-state index contributed by atoms with van der Waals surface area (Å²) >= 11 is 2.84. The highest BCUT2D eigenvalue weighted by molar-refractivity contribution is 7.10. The summed E-state index contributed by atoms with van der Waals surface area (Å²) in [5, 5.41) is 1.93. The van der Waals surface area contributed by atoms with Gasteiger partial charge in [-0.15, -0.1) is 11.3 Å². The topological polar surface area (TPSA) is 60.7 Å². The first-order chi connectivity index (χ1) is 13.5. The monoisotopic (exact) mass is 410 g/mol. The molecule has 0 amide bonds. The van der Waals surface area contributed by atoms with Crippen LogP contribution in [0.25, 0.3) is 6.08 Å². The number of thiazole rings is 1. The van der Waals surface area contributed by atoms with Crippen LogP contribution in [0.5, 0.6) is 0 Å². The lowest BCUT2D eigenvalue weighted by Gasteiger charge is -2.22. The van der Waals surface area contributed by atoms with Gasteiger partial charge in [0.15, 0.2) is 4.80 Å². The van der Waals surface area contributed by atoms with Crippen LogP contribution < -0.4 is 14.9 Å². The number of rotatable bonds is 3. The van der Waals surface area contributed by atoms with E-state index in [-0.39, 0.29) is 5.56 Å². The number of ether oxygens (including phenoxy) is 1. The Bertz CT molecular complexity index is 1250. The average molecular weight is 411 g/mol. The van der Waals surface area contributed by atoms with Gasteiger partial charge < -0.3 is 4.74 Å². The van der Waals surface area contributed by atoms with Crippen molar-refractivity contribution in [2.24, 2.45) is 4.99 Å². The molecule has 3 heterocycles. The Kier molecular flexibility index (Phi) is 4.87. The van der Waals surface area contributed by atoms with Crippen LogP contribution in [0.1, 0.15) is 29.0 Å². The van der Waals surface area contributed by atoms with E-state index < -0.39 is 12.0 Å². The fourth-order valence-corrected chi connectivity index (χ4v) is 5.09. The first-order valence-electron chi connectivity index (χ1n) is 8.70. The number of nitrogens with zero attached hydrogens (tertiary/aromatic N) is 2. The zero-order valence-corrected chi connectivity index (χ0v) is 17.3. The van der Waals surface area contributed by atoms with Gasteiger partial charge in [0.2, 0.25) is 0 Å². The summed E-state index contributed by atoms with van der Waals surface area (Å²) in [5.74, 6) is -0.465. The molecule has 142 valence electrons. The molecule has 1 atom stereocenters. The summed E-state index contributed by atoms with van der Waals surface area (Å²) in [6.07, 6.45) is 1.87. The quantitative estimate of drug-likeness (QED) is 0.624. The van der Waals surface area contributed by atoms with Crippen molar-refractivity contribution in [1.82, 2.24) is 4.57 Å². The van der Waals surface area contributed by atoms with Crippen LogP contribution in [0.4, 0.5) is 0 Å². The van der Waals surface area contributed by atoms with E-state index in [1.807, 2.05) is 54.8 Å². The number of benzene rings is 1. The minimum absolute atomic E-state index is 0.156. The highest BCUT2D eigenvalue weighted by atomic mass is 32.1. The first kappa shape index (κ1) is 18.6. The minimum atomic E-state index is -0.524. The van der Waals surface area contributed by atoms with Crippen molar-refractivity contribution in [2.75, 3.05) is 7.11 Å². The van der Waals surface area contributed by atoms with Crippen LogP contribution in [0.3, 0.4) is 0 Å². The largest absolute Gasteiger partial charge is 0.466 e. The summed E-state index contributed by atoms with van der Waals surface area (Å²) in [6.45, 7) is 3.81. The molecule has 0 bridgehead atoms. The standard InChI is InChI=1S/C21H18N2O3S2/c1-12-6-8-14(9-7-12)11-16-19(24)23-18(15-5-4-10-27-15)17(20(25)26-3)13(2)22-21(23)28-16/h4-11,18H,1-3H3/b16-11-/t18-/m0/s1. The van der Waals surface area contributed by atoms with Gasteiger partial charge in [-0.05, 0) is 36.9 Å². The Morgan fingerprint density at radius 1 is 1.21 bits per heavy atom. The van der Waals surface area contributed by atoms with Crippen LogP contribution in [0, 0.1) is 6.92 Å². The molecule has 1 aliphatic rings. The predicted molar refractivity (Wildman–Crippen MR) is 111 cm³/mol. The summed E-state index contributed by atoms with van der Waals surface area (Å²) in [6, 6.07) is 11.3. The molecule has 0 fully saturated rings. The Hall–Kier alpha value is -2.77. The van der Waals surface area contributed by atoms with Crippen molar-refractivity contribution in [2.45, 2.75) is 19.9 Å². The number of carbonyl (C=O) groups is 1. The van der Waals surface area contributed by atoms with Gasteiger partial charge in [0.1, 0.15) is 6.04 Å². The molecule has 0 saturated carbocycles. The van der Waals surface area contributed by atoms with Crippen LogP contribution >= 0.6 is 22.7 Å². The summed E-state index contributed by atoms with van der Waals surface area (Å²) in [5.41, 5.74) is 2.94. The number of allylic oxidation sites excluding steroid dienone is 1. The van der Waals surface area contributed by atoms with Crippen molar-refractivity contribution in [1.29, 1.82) is 0 Å². The second-order valence-corrected chi connectivity index (χ2v) is 8.49. The Balaban J connectivity index is 1.96. The number of hydrogen-bond acceptors (Lipinski definition) is 6. The Morgan fingerprint density at radius 2 is 1.96 bits per heavy atom. The number of carbonyl (C=O) groups excluding carboxylic acids is 1. The van der Waals surface area contributed by atoms with Crippen molar-refractivity contribution >= 4 is 34.7 Å². The van der Waals surface area contributed by atoms with Crippen molar-refractivity contribution in [3.8, 4) is 0 Å². The van der Waals surface area contributed by atoms with E-state index in [2.05, 4.69) is 4.99 Å². The summed E-state index contributed by atoms with van der Waals surface area (Å²) in [7, 11) is 1.34. The molecule has 1 aliphatic heterocycles. The van der Waals surface area contributed by atoms with Gasteiger partial charge >= 0.3 is 5.97 Å². The van der Waals surface area contributed by atoms with Crippen LogP contribution in [-0.4, -0.2) is 17.6 Å². The van der Waals surface area contributed by atoms with E-state index in [4.69, 9.17) is 4.74 Å². The van der Waals surface area contributed by atoms with Gasteiger partial charge in [-0.2, -0.15) is 0 Å². The van der Waals surface area contributed by atoms with Crippen molar-refractivity contribution < 1.29 is 9.53 Å². The minimum Gasteiger partial charge on any atom is -0.466 e. The molecular weight excluding hydrogens is 392 g/mol. The van der Waals surface area contributed by atoms with E-state index in [0.29, 0.717) is 20.6 Å². The number of aryl methyl sites for hydroxylation is 1. The first-order valence-corrected chi connectivity index (χ1v) is 10.4. The molecule has 0 aliphatic carbocycles. The van der Waals surface area contributed by atoms with E-state index in [9.17, 15) is 9.59 Å². The number of fused-ring (bicyclic) bond motifs is 1. The lowest BCUT2D eigenvalue weighted by molar-refractivity contribution is -0.136. The zero-order valence-electron chi connectivity index (χ0n) is 15.6. The summed E-state index contributed by atoms with van der Waals surface area (Å²) < 4.78 is 7.18. The molecule has 5 nitrogen and oxygen atoms in total. The maximum atomic E-state index is 13.3. The molecule has 1 aromatic carbocycles. The SMILES string of the molecule is COC(=O)C1=C(C)N=c2s/c(=C\c3ccc(C)cc3)c(=O)n2[C@H]1c1cccs1. The van der Waals surface area contributed by atoms with Crippen molar-refractivity contribution in [3.63, 3.8) is 0 Å². The predicted octanol–water partition coefficient (Wildman–Crippen LogP) is 2.78. The van der Waals surface area contributed by atoms with E-state index in [1.54, 1.807) is 11.5 Å². The van der Waals surface area contributed by atoms with E-state index in [1.165, 1.54) is 29.8 Å². The fourth-order valence-electron chi connectivity index (χ4n) is 3.22. The van der Waals surface area contributed by atoms with E-state index >= 15 is 0 Å². The third kappa shape index (κ3) is 3.16. The molecule has 2 aromatic heterocycles. The van der Waals surface area contributed by atoms with E-state index in [0.717, 1.165) is 16.0 Å². The fraction of sp³-hybridized carbons (Fsp3) is 0.190. The van der Waals surface area contributed by atoms with Gasteiger partial charge in [0, 0.05) is 4.88 Å². The number of thiophene rings is 1. The maximum Gasteiger partial charge on any atom is 0.338 e. The second-order valence-electron chi connectivity index (χ2n) is 6.50. The number of aromatic nitrogens is 1. The molecular formula is C21H18N2O3S2. The number of esters is 1. The molecule has 0 spiro atoms. The smallest absolute Gasteiger partial charge is 0.338 e. The summed E-state index contributed by atoms with van der Waals surface area (Å²) in [4.78, 5) is 31.8. The third-order valence-electron chi connectivity index (χ3n) is 4.61. The highest BCUT2D eigenvalue weighted by Gasteiger charge is 2.33. The molecule has 3 aromatic rings. The van der Waals surface area contributed by atoms with Crippen LogP contribution in [-0.2, 0) is 9.53 Å². The van der Waals surface area contributed by atoms with Gasteiger partial charge in [-0.25, -0.2) is 9.79 Å². The molecule has 0 N–H and O–H groups in total. The van der Waals surface area contributed by atoms with Crippen molar-refractivity contribution in [3.05, 3.63) is 88.7 Å². The Labute approximate surface area is 169 Å². The lowest BCUT2D eigenvalue weighted by Crippen LogP contribution is -2.39. The zero-order chi connectivity index (χ0) is 19.8. The normalized spacial score (nSPS) is 16.7. The molecule has 7 heteroatoms. The maximum absolute atomic E-state index is 13.3. The van der Waals surface area contributed by atoms with Crippen LogP contribution in [0.2, 0.25) is 0 Å². The highest BCUT2D eigenvalue weighted by Crippen LogP contribution is 2.32. The lowest BCUT2D eigenvalue weighted by atomic mass is 10.0. The van der Waals surface area contributed by atoms with Gasteiger partial charge in [-0.3, -0.25) is 9.36 Å². The Morgan fingerprint density at radius 3 is 2.61 bits per heavy atom. The van der Waals surface area contributed by atoms with Gasteiger partial charge in [-0.1, -0.05) is 47.2 Å². The molecule has 0 unspecified atom stereocenters. The molecule has 0 saturated heterocycles.